The molecule has 3 atom stereocenters. The number of hydrogen-bond acceptors (Lipinski definition) is 19. The molecule has 0 aromatic heterocycles. The number of amides is 4. The molecule has 0 radical (unpaired) electrons. The quantitative estimate of drug-likeness (QED) is 0.0119. The lowest BCUT2D eigenvalue weighted by molar-refractivity contribution is -0.145. The Morgan fingerprint density at radius 1 is 0.596 bits per heavy atom. The summed E-state index contributed by atoms with van der Waals surface area (Å²) in [4.78, 5) is 120. The molecular weight excluding hydrogens is 1260 g/mol. The first-order valence-corrected chi connectivity index (χ1v) is 29.8. The number of ether oxygens (including phenoxy) is 6. The Balaban J connectivity index is 1.65. The molecule has 1 fully saturated rings. The van der Waals surface area contributed by atoms with E-state index >= 15 is 0 Å². The number of aryl methyl sites for hydroxylation is 2. The minimum atomic E-state index is -1.91. The van der Waals surface area contributed by atoms with E-state index in [1.165, 1.54) is 0 Å². The number of nitrogens with one attached hydrogen (secondary N) is 4. The molecule has 500 valence electrons. The Bertz CT molecular complexity index is 2610. The molecule has 3 rings (SSSR count). The average molecular weight is 1340 g/mol. The Hall–Kier alpha value is -6.49. The predicted molar refractivity (Wildman–Crippen MR) is 313 cm³/mol. The van der Waals surface area contributed by atoms with Gasteiger partial charge in [-0.15, -0.1) is 0 Å². The van der Waals surface area contributed by atoms with Crippen LogP contribution in [0.2, 0.25) is 0 Å². The molecule has 2 aromatic rings. The highest BCUT2D eigenvalue weighted by molar-refractivity contribution is 9.10. The summed E-state index contributed by atoms with van der Waals surface area (Å²) in [6.07, 6.45) is -3.05. The maximum atomic E-state index is 14.1. The third-order valence-corrected chi connectivity index (χ3v) is 15.0. The van der Waals surface area contributed by atoms with Gasteiger partial charge in [0.2, 0.25) is 41.0 Å². The van der Waals surface area contributed by atoms with Crippen molar-refractivity contribution in [1.29, 1.82) is 0 Å². The zero-order chi connectivity index (χ0) is 66.0. The van der Waals surface area contributed by atoms with Gasteiger partial charge in [-0.25, -0.2) is 8.78 Å². The number of halogens is 5. The summed E-state index contributed by atoms with van der Waals surface area (Å²) in [6, 6.07) is -0.769. The van der Waals surface area contributed by atoms with Crippen LogP contribution in [0.5, 0.6) is 5.75 Å². The number of carboxylic acid groups (broad SMARTS) is 4. The maximum Gasteiger partial charge on any atom is 0.320 e. The van der Waals surface area contributed by atoms with Crippen molar-refractivity contribution in [2.45, 2.75) is 97.4 Å². The molecule has 2 aromatic carbocycles. The highest BCUT2D eigenvalue weighted by Crippen LogP contribution is 2.31. The number of carboxylic acids is 4. The van der Waals surface area contributed by atoms with E-state index in [-0.39, 0.29) is 163 Å². The van der Waals surface area contributed by atoms with Crippen LogP contribution in [0.4, 0.5) is 23.2 Å². The SMILES string of the molecule is CCOCCOCCOCC(NC(=O)[C@H](CCC(=O)Nc1c(C)cc(C)c(Br)c1C)NC(=O)CCCCC(=O)Oc1c(F)c(F)cc(F)c1F)OCCOCCNC(=O)CCC(C(=O)O)N1CCN(CC(=O)O)CCN(CC(=O)O)CCN(CC(=O)O)CC1. The lowest BCUT2D eigenvalue weighted by Gasteiger charge is -2.35. The van der Waals surface area contributed by atoms with Crippen molar-refractivity contribution < 1.29 is 110 Å². The fourth-order valence-corrected chi connectivity index (χ4v) is 9.45. The number of unbranched alkanes of at least 4 members (excludes halogenated alkanes) is 1. The highest BCUT2D eigenvalue weighted by atomic mass is 79.9. The van der Waals surface area contributed by atoms with Crippen LogP contribution in [0.15, 0.2) is 16.6 Å². The van der Waals surface area contributed by atoms with E-state index in [2.05, 4.69) is 41.9 Å². The van der Waals surface area contributed by atoms with Crippen LogP contribution in [-0.4, -0.2) is 250 Å². The van der Waals surface area contributed by atoms with Crippen molar-refractivity contribution in [1.82, 2.24) is 35.6 Å². The summed E-state index contributed by atoms with van der Waals surface area (Å²) in [5.74, 6) is -17.4. The number of carbonyl (C=O) groups excluding carboxylic acids is 5. The first kappa shape index (κ1) is 76.8. The second-order valence-electron chi connectivity index (χ2n) is 20.7. The standard InChI is InChI=1S/C57H83BrF4N8O19/c1-5-84-24-25-86-26-27-87-35-46(88-29-28-85-23-14-63-43(71)13-11-42(57(82)83)70-21-19-68(33-48(76)77)17-15-67(32-47(74)75)16-18-69(20-22-70)34-49(78)79)66-56(81)41(10-12-45(73)65-54-37(3)30-36(2)51(58)38(54)4)64-44(72)8-6-7-9-50(80)89-55-52(61)39(59)31-40(60)53(55)62/h30-31,41-42,46H,5-29,32-35H2,1-4H3,(H,63,71)(H,64,72)(H,65,73)(H,66,81)(H,74,75)(H,76,77)(H,78,79)(H,82,83)/t41-,42?,46?/m0/s1. The molecule has 0 spiro atoms. The summed E-state index contributed by atoms with van der Waals surface area (Å²) >= 11 is 3.53. The summed E-state index contributed by atoms with van der Waals surface area (Å²) in [6.45, 7) is 7.71. The van der Waals surface area contributed by atoms with E-state index < -0.39 is 120 Å². The maximum absolute atomic E-state index is 14.1. The molecule has 8 N–H and O–H groups in total. The lowest BCUT2D eigenvalue weighted by atomic mass is 10.0. The Morgan fingerprint density at radius 3 is 1.67 bits per heavy atom. The molecule has 89 heavy (non-hydrogen) atoms. The molecule has 27 nitrogen and oxygen atoms in total. The van der Waals surface area contributed by atoms with Crippen LogP contribution in [0.25, 0.3) is 0 Å². The van der Waals surface area contributed by atoms with Crippen LogP contribution < -0.4 is 26.0 Å². The van der Waals surface area contributed by atoms with Gasteiger partial charge in [0.1, 0.15) is 12.1 Å². The second-order valence-corrected chi connectivity index (χ2v) is 21.5. The van der Waals surface area contributed by atoms with Gasteiger partial charge in [-0.05, 0) is 70.1 Å². The first-order valence-electron chi connectivity index (χ1n) is 29.0. The molecule has 0 aliphatic carbocycles. The zero-order valence-corrected chi connectivity index (χ0v) is 52.1. The normalized spacial score (nSPS) is 15.0. The van der Waals surface area contributed by atoms with Crippen LogP contribution in [0.1, 0.15) is 75.0 Å². The van der Waals surface area contributed by atoms with Gasteiger partial charge in [-0.2, -0.15) is 8.78 Å². The van der Waals surface area contributed by atoms with E-state index in [0.717, 1.165) is 21.2 Å². The third kappa shape index (κ3) is 30.3. The zero-order valence-electron chi connectivity index (χ0n) is 50.5. The Kier molecular flexibility index (Phi) is 36.0. The van der Waals surface area contributed by atoms with Crippen LogP contribution >= 0.6 is 15.9 Å². The van der Waals surface area contributed by atoms with Gasteiger partial charge < -0.3 is 70.1 Å². The number of carbonyl (C=O) groups is 9. The molecule has 2 unspecified atom stereocenters. The minimum absolute atomic E-state index is 0.0183. The number of benzene rings is 2. The van der Waals surface area contributed by atoms with E-state index in [1.807, 2.05) is 33.8 Å². The van der Waals surface area contributed by atoms with Crippen molar-refractivity contribution >= 4 is 75.1 Å². The van der Waals surface area contributed by atoms with Crippen LogP contribution in [0.3, 0.4) is 0 Å². The smallest absolute Gasteiger partial charge is 0.320 e. The van der Waals surface area contributed by atoms with Gasteiger partial charge >= 0.3 is 29.8 Å². The topological polar surface area (TPSA) is 351 Å². The highest BCUT2D eigenvalue weighted by Gasteiger charge is 2.30. The number of anilines is 1. The Morgan fingerprint density at radius 2 is 1.11 bits per heavy atom. The van der Waals surface area contributed by atoms with Gasteiger partial charge in [-0.1, -0.05) is 22.0 Å². The second kappa shape index (κ2) is 41.7. The summed E-state index contributed by atoms with van der Waals surface area (Å²) in [5, 5.41) is 49.7. The average Bonchev–Trinajstić information content (AvgIpc) is 1.59. The summed E-state index contributed by atoms with van der Waals surface area (Å²) in [7, 11) is 0. The lowest BCUT2D eigenvalue weighted by Crippen LogP contribution is -2.52. The monoisotopic (exact) mass is 1340 g/mol. The number of esters is 1. The summed E-state index contributed by atoms with van der Waals surface area (Å²) < 4.78 is 88.9. The Labute approximate surface area is 521 Å². The fraction of sp³-hybridized carbons (Fsp3) is 0.632. The van der Waals surface area contributed by atoms with Crippen molar-refractivity contribution in [2.24, 2.45) is 0 Å². The molecule has 0 bridgehead atoms. The first-order chi connectivity index (χ1) is 42.3. The van der Waals surface area contributed by atoms with E-state index in [4.69, 9.17) is 23.7 Å². The molecule has 32 heteroatoms. The van der Waals surface area contributed by atoms with Crippen molar-refractivity contribution in [3.8, 4) is 5.75 Å². The van der Waals surface area contributed by atoms with Crippen molar-refractivity contribution in [3.05, 3.63) is 56.6 Å². The molecule has 0 saturated carbocycles. The number of nitrogens with zero attached hydrogens (tertiary/aromatic N) is 4. The van der Waals surface area contributed by atoms with E-state index in [0.29, 0.717) is 18.9 Å². The molecule has 1 aliphatic rings. The molecule has 1 heterocycles. The van der Waals surface area contributed by atoms with E-state index in [9.17, 15) is 81.1 Å². The van der Waals surface area contributed by atoms with Crippen LogP contribution in [0, 0.1) is 44.0 Å². The number of hydrogen-bond donors (Lipinski definition) is 8. The van der Waals surface area contributed by atoms with Gasteiger partial charge in [0.25, 0.3) is 0 Å². The van der Waals surface area contributed by atoms with Gasteiger partial charge in [0.15, 0.2) is 17.9 Å². The molecule has 1 saturated heterocycles. The van der Waals surface area contributed by atoms with Crippen molar-refractivity contribution in [2.75, 3.05) is 143 Å². The predicted octanol–water partition coefficient (Wildman–Crippen LogP) is 2.67. The van der Waals surface area contributed by atoms with Gasteiger partial charge in [0.05, 0.1) is 72.5 Å². The number of aliphatic carboxylic acids is 4. The summed E-state index contributed by atoms with van der Waals surface area (Å²) in [5.41, 5.74) is 3.02. The minimum Gasteiger partial charge on any atom is -0.480 e. The van der Waals surface area contributed by atoms with Gasteiger partial charge in [0, 0.05) is 107 Å². The number of rotatable bonds is 40. The fourth-order valence-electron chi connectivity index (χ4n) is 9.14. The van der Waals surface area contributed by atoms with Crippen LogP contribution in [-0.2, 0) is 66.8 Å². The molecular formula is C57H83BrF4N8O19. The van der Waals surface area contributed by atoms with Gasteiger partial charge in [-0.3, -0.25) is 62.8 Å². The van der Waals surface area contributed by atoms with Crippen molar-refractivity contribution in [3.63, 3.8) is 0 Å². The molecule has 1 aliphatic heterocycles. The third-order valence-electron chi connectivity index (χ3n) is 13.7. The molecule has 4 amide bonds. The van der Waals surface area contributed by atoms with E-state index in [1.54, 1.807) is 19.6 Å². The largest absolute Gasteiger partial charge is 0.480 e.